The summed E-state index contributed by atoms with van der Waals surface area (Å²) in [6, 6.07) is 0. The number of alkyl halides is 2. The van der Waals surface area contributed by atoms with Crippen LogP contribution in [0.1, 0.15) is 19.8 Å². The minimum atomic E-state index is 0.120. The van der Waals surface area contributed by atoms with E-state index < -0.39 is 0 Å². The summed E-state index contributed by atoms with van der Waals surface area (Å²) in [5.41, 5.74) is 0. The number of halogens is 2. The van der Waals surface area contributed by atoms with Gasteiger partial charge in [0.1, 0.15) is 0 Å². The summed E-state index contributed by atoms with van der Waals surface area (Å²) in [5.74, 6) is 0.185. The van der Waals surface area contributed by atoms with Crippen molar-refractivity contribution in [3.05, 3.63) is 0 Å². The third-order valence-corrected chi connectivity index (χ3v) is 3.37. The summed E-state index contributed by atoms with van der Waals surface area (Å²) < 4.78 is 0.120. The minimum absolute atomic E-state index is 0.120. The van der Waals surface area contributed by atoms with E-state index in [9.17, 15) is 4.79 Å². The van der Waals surface area contributed by atoms with Gasteiger partial charge in [-0.2, -0.15) is 0 Å². The third kappa shape index (κ3) is 2.89. The van der Waals surface area contributed by atoms with Gasteiger partial charge in [-0.05, 0) is 12.8 Å². The van der Waals surface area contributed by atoms with E-state index in [0.29, 0.717) is 0 Å². The average molecular weight is 332 g/mol. The normalized spacial score (nSPS) is 32.1. The first-order chi connectivity index (χ1) is 5.01. The number of likely N-dealkylation sites (tertiary alicyclic amines) is 1. The van der Waals surface area contributed by atoms with Gasteiger partial charge in [0, 0.05) is 20.0 Å². The first-order valence-corrected chi connectivity index (χ1v) is 5.52. The molecule has 0 spiro atoms. The maximum Gasteiger partial charge on any atom is 0.219 e. The molecule has 0 aromatic rings. The first-order valence-electron chi connectivity index (χ1n) is 3.65. The Morgan fingerprint density at radius 1 is 1.73 bits per heavy atom. The van der Waals surface area contributed by atoms with E-state index in [2.05, 4.69) is 38.5 Å². The number of carbonyl (C=O) groups excluding carboxylic acids is 1. The van der Waals surface area contributed by atoms with Crippen LogP contribution in [-0.4, -0.2) is 26.2 Å². The molecule has 4 heteroatoms. The zero-order valence-electron chi connectivity index (χ0n) is 6.44. The molecule has 1 fully saturated rings. The zero-order valence-corrected chi connectivity index (χ0v) is 10.2. The van der Waals surface area contributed by atoms with Crippen molar-refractivity contribution in [2.75, 3.05) is 13.1 Å². The topological polar surface area (TPSA) is 20.3 Å². The van der Waals surface area contributed by atoms with Gasteiger partial charge in [-0.15, -0.1) is 0 Å². The van der Waals surface area contributed by atoms with Gasteiger partial charge >= 0.3 is 0 Å². The fraction of sp³-hybridized carbons (Fsp3) is 0.857. The van der Waals surface area contributed by atoms with Crippen LogP contribution in [-0.2, 0) is 4.79 Å². The highest BCUT2D eigenvalue weighted by Crippen LogP contribution is 2.36. The molecule has 0 saturated carbocycles. The van der Waals surface area contributed by atoms with E-state index in [1.54, 1.807) is 6.92 Å². The molecule has 0 aliphatic carbocycles. The van der Waals surface area contributed by atoms with Gasteiger partial charge in [0.2, 0.25) is 5.91 Å². The molecule has 0 bridgehead atoms. The van der Waals surface area contributed by atoms with Gasteiger partial charge < -0.3 is 4.90 Å². The molecule has 64 valence electrons. The average Bonchev–Trinajstić information content (AvgIpc) is 1.85. The van der Waals surface area contributed by atoms with E-state index in [0.717, 1.165) is 25.9 Å². The fourth-order valence-corrected chi connectivity index (χ4v) is 2.61. The Morgan fingerprint density at radius 2 is 2.36 bits per heavy atom. The molecule has 1 rings (SSSR count). The minimum Gasteiger partial charge on any atom is -0.341 e. The van der Waals surface area contributed by atoms with Gasteiger partial charge in [0.15, 0.2) is 0 Å². The molecular weight excluding hydrogens is 321 g/mol. The van der Waals surface area contributed by atoms with Crippen molar-refractivity contribution in [1.29, 1.82) is 0 Å². The molecule has 1 aliphatic rings. The molecule has 1 atom stereocenters. The van der Waals surface area contributed by atoms with Crippen LogP contribution in [0.2, 0.25) is 0 Å². The highest BCUT2D eigenvalue weighted by atomic mass is 127. The lowest BCUT2D eigenvalue weighted by molar-refractivity contribution is -0.129. The first kappa shape index (κ1) is 9.77. The van der Waals surface area contributed by atoms with Crippen molar-refractivity contribution in [3.8, 4) is 0 Å². The summed E-state index contributed by atoms with van der Waals surface area (Å²) >= 11 is 5.96. The molecule has 0 N–H and O–H groups in total. The highest BCUT2D eigenvalue weighted by molar-refractivity contribution is 14.1. The predicted molar refractivity (Wildman–Crippen MR) is 57.2 cm³/mol. The second-order valence-electron chi connectivity index (χ2n) is 2.90. The summed E-state index contributed by atoms with van der Waals surface area (Å²) in [5, 5.41) is 0. The van der Waals surface area contributed by atoms with Crippen molar-refractivity contribution >= 4 is 44.4 Å². The maximum atomic E-state index is 11.0. The molecule has 11 heavy (non-hydrogen) atoms. The van der Waals surface area contributed by atoms with E-state index in [1.165, 1.54) is 0 Å². The van der Waals surface area contributed by atoms with Gasteiger partial charge in [0.25, 0.3) is 0 Å². The van der Waals surface area contributed by atoms with Crippen LogP contribution in [0.25, 0.3) is 0 Å². The van der Waals surface area contributed by atoms with Crippen LogP contribution in [0.4, 0.5) is 0 Å². The van der Waals surface area contributed by atoms with Crippen LogP contribution in [0, 0.1) is 0 Å². The molecule has 2 nitrogen and oxygen atoms in total. The Bertz CT molecular complexity index is 172. The van der Waals surface area contributed by atoms with Gasteiger partial charge in [-0.25, -0.2) is 0 Å². The van der Waals surface area contributed by atoms with E-state index in [4.69, 9.17) is 0 Å². The van der Waals surface area contributed by atoms with Crippen molar-refractivity contribution in [3.63, 3.8) is 0 Å². The highest BCUT2D eigenvalue weighted by Gasteiger charge is 2.30. The number of piperidine rings is 1. The number of nitrogens with zero attached hydrogens (tertiary/aromatic N) is 1. The molecule has 0 aromatic heterocycles. The molecule has 1 aliphatic heterocycles. The van der Waals surface area contributed by atoms with Crippen molar-refractivity contribution in [2.45, 2.75) is 22.1 Å². The van der Waals surface area contributed by atoms with Crippen molar-refractivity contribution < 1.29 is 4.79 Å². The molecule has 1 unspecified atom stereocenters. The Hall–Kier alpha value is 0.680. The van der Waals surface area contributed by atoms with Gasteiger partial charge in [-0.1, -0.05) is 38.5 Å². The SMILES string of the molecule is CC(=O)N1CCCC(Br)(I)C1. The molecule has 1 saturated heterocycles. The lowest BCUT2D eigenvalue weighted by Gasteiger charge is -2.34. The second kappa shape index (κ2) is 3.60. The molecular formula is C7H11BrINO. The van der Waals surface area contributed by atoms with Crippen LogP contribution in [0.15, 0.2) is 0 Å². The summed E-state index contributed by atoms with van der Waals surface area (Å²) in [7, 11) is 0. The molecule has 0 radical (unpaired) electrons. The fourth-order valence-electron chi connectivity index (χ4n) is 1.23. The summed E-state index contributed by atoms with van der Waals surface area (Å²) in [4.78, 5) is 12.9. The van der Waals surface area contributed by atoms with Crippen LogP contribution in [0.3, 0.4) is 0 Å². The molecule has 1 heterocycles. The molecule has 1 amide bonds. The third-order valence-electron chi connectivity index (χ3n) is 1.84. The summed E-state index contributed by atoms with van der Waals surface area (Å²) in [6.07, 6.45) is 2.26. The Balaban J connectivity index is 2.53. The number of hydrogen-bond donors (Lipinski definition) is 0. The predicted octanol–water partition coefficient (Wildman–Crippen LogP) is 2.15. The Kier molecular flexibility index (Phi) is 3.19. The maximum absolute atomic E-state index is 11.0. The Morgan fingerprint density at radius 3 is 2.73 bits per heavy atom. The lowest BCUT2D eigenvalue weighted by Crippen LogP contribution is -2.43. The lowest BCUT2D eigenvalue weighted by atomic mass is 10.1. The van der Waals surface area contributed by atoms with Crippen molar-refractivity contribution in [1.82, 2.24) is 4.90 Å². The smallest absolute Gasteiger partial charge is 0.219 e. The molecule has 0 aromatic carbocycles. The standard InChI is InChI=1S/C7H11BrINO/c1-6(11)10-4-2-3-7(8,9)5-10/h2-5H2,1H3. The second-order valence-corrected chi connectivity index (χ2v) is 7.97. The number of rotatable bonds is 0. The zero-order chi connectivity index (χ0) is 8.48. The van der Waals surface area contributed by atoms with E-state index in [-0.39, 0.29) is 8.24 Å². The monoisotopic (exact) mass is 331 g/mol. The summed E-state index contributed by atoms with van der Waals surface area (Å²) in [6.45, 7) is 3.39. The number of carbonyl (C=O) groups is 1. The quantitative estimate of drug-likeness (QED) is 0.492. The Labute approximate surface area is 89.0 Å². The van der Waals surface area contributed by atoms with E-state index in [1.807, 2.05) is 4.90 Å². The van der Waals surface area contributed by atoms with Crippen LogP contribution in [0.5, 0.6) is 0 Å². The van der Waals surface area contributed by atoms with E-state index >= 15 is 0 Å². The largest absolute Gasteiger partial charge is 0.341 e. The van der Waals surface area contributed by atoms with Gasteiger partial charge in [0.05, 0.1) is 2.33 Å². The van der Waals surface area contributed by atoms with Gasteiger partial charge in [-0.3, -0.25) is 4.79 Å². The number of hydrogen-bond acceptors (Lipinski definition) is 1. The van der Waals surface area contributed by atoms with Crippen LogP contribution >= 0.6 is 38.5 Å². The van der Waals surface area contributed by atoms with Crippen molar-refractivity contribution in [2.24, 2.45) is 0 Å². The van der Waals surface area contributed by atoms with Crippen LogP contribution < -0.4 is 0 Å². The number of amides is 1.